The summed E-state index contributed by atoms with van der Waals surface area (Å²) < 4.78 is 27.8. The van der Waals surface area contributed by atoms with Crippen molar-refractivity contribution in [3.63, 3.8) is 0 Å². The lowest BCUT2D eigenvalue weighted by Gasteiger charge is -2.14. The predicted molar refractivity (Wildman–Crippen MR) is 112 cm³/mol. The van der Waals surface area contributed by atoms with Gasteiger partial charge in [0.2, 0.25) is 10.0 Å². The second-order valence-electron chi connectivity index (χ2n) is 6.65. The lowest BCUT2D eigenvalue weighted by molar-refractivity contribution is 0.581. The smallest absolute Gasteiger partial charge is 0.240 e. The zero-order valence-electron chi connectivity index (χ0n) is 15.5. The summed E-state index contributed by atoms with van der Waals surface area (Å²) in [6.07, 6.45) is 3.56. The number of pyridine rings is 1. The van der Waals surface area contributed by atoms with Crippen LogP contribution < -0.4 is 4.72 Å². The van der Waals surface area contributed by atoms with E-state index in [1.807, 2.05) is 24.3 Å². The van der Waals surface area contributed by atoms with Gasteiger partial charge >= 0.3 is 0 Å². The summed E-state index contributed by atoms with van der Waals surface area (Å²) in [5.41, 5.74) is 4.36. The van der Waals surface area contributed by atoms with Crippen molar-refractivity contribution in [2.24, 2.45) is 0 Å². The van der Waals surface area contributed by atoms with Gasteiger partial charge in [-0.25, -0.2) is 13.1 Å². The van der Waals surface area contributed by atoms with Gasteiger partial charge in [-0.2, -0.15) is 0 Å². The van der Waals surface area contributed by atoms with E-state index >= 15 is 0 Å². The zero-order valence-corrected chi connectivity index (χ0v) is 16.3. The Morgan fingerprint density at radius 1 is 0.821 bits per heavy atom. The topological polar surface area (TPSA) is 59.1 Å². The summed E-state index contributed by atoms with van der Waals surface area (Å²) in [6.45, 7) is 2.29. The molecular weight excluding hydrogens is 368 g/mol. The minimum Gasteiger partial charge on any atom is -0.264 e. The molecule has 3 aromatic carbocycles. The van der Waals surface area contributed by atoms with E-state index in [1.165, 1.54) is 5.56 Å². The molecule has 5 heteroatoms. The third kappa shape index (κ3) is 3.54. The van der Waals surface area contributed by atoms with Crippen LogP contribution in [0.5, 0.6) is 0 Å². The Morgan fingerprint density at radius 2 is 1.57 bits per heavy atom. The Balaban J connectivity index is 1.72. The highest BCUT2D eigenvalue weighted by Crippen LogP contribution is 2.32. The van der Waals surface area contributed by atoms with Gasteiger partial charge in [-0.05, 0) is 52.8 Å². The molecule has 0 amide bonds. The highest BCUT2D eigenvalue weighted by molar-refractivity contribution is 7.89. The van der Waals surface area contributed by atoms with Crippen molar-refractivity contribution in [3.8, 4) is 11.1 Å². The highest BCUT2D eigenvalue weighted by atomic mass is 32.2. The molecule has 4 nitrogen and oxygen atoms in total. The second-order valence-corrected chi connectivity index (χ2v) is 8.41. The number of rotatable bonds is 5. The van der Waals surface area contributed by atoms with Gasteiger partial charge in [0.05, 0.1) is 4.90 Å². The van der Waals surface area contributed by atoms with E-state index in [4.69, 9.17) is 0 Å². The van der Waals surface area contributed by atoms with Crippen molar-refractivity contribution in [2.45, 2.75) is 18.4 Å². The summed E-state index contributed by atoms with van der Waals surface area (Å²) in [4.78, 5) is 4.51. The molecule has 140 valence electrons. The van der Waals surface area contributed by atoms with Gasteiger partial charge in [-0.1, -0.05) is 54.6 Å². The van der Waals surface area contributed by atoms with Crippen LogP contribution in [0, 0.1) is 6.92 Å². The van der Waals surface area contributed by atoms with E-state index in [9.17, 15) is 8.42 Å². The average Bonchev–Trinajstić information content (AvgIpc) is 2.73. The van der Waals surface area contributed by atoms with Gasteiger partial charge in [0.25, 0.3) is 0 Å². The number of fused-ring (bicyclic) bond motifs is 1. The van der Waals surface area contributed by atoms with Crippen molar-refractivity contribution in [3.05, 3.63) is 96.3 Å². The van der Waals surface area contributed by atoms with Gasteiger partial charge in [0.1, 0.15) is 0 Å². The number of aromatic nitrogens is 1. The molecule has 0 unspecified atom stereocenters. The van der Waals surface area contributed by atoms with Crippen molar-refractivity contribution in [1.29, 1.82) is 0 Å². The molecule has 0 saturated carbocycles. The maximum Gasteiger partial charge on any atom is 0.240 e. The van der Waals surface area contributed by atoms with Gasteiger partial charge in [-0.3, -0.25) is 4.98 Å². The molecule has 0 aliphatic carbocycles. The predicted octanol–water partition coefficient (Wildman–Crippen LogP) is 4.69. The highest BCUT2D eigenvalue weighted by Gasteiger charge is 2.15. The largest absolute Gasteiger partial charge is 0.264 e. The van der Waals surface area contributed by atoms with Crippen molar-refractivity contribution in [1.82, 2.24) is 9.71 Å². The van der Waals surface area contributed by atoms with E-state index in [0.29, 0.717) is 0 Å². The van der Waals surface area contributed by atoms with Crippen LogP contribution in [-0.4, -0.2) is 13.4 Å². The Morgan fingerprint density at radius 3 is 2.36 bits per heavy atom. The molecule has 1 aromatic heterocycles. The fourth-order valence-electron chi connectivity index (χ4n) is 3.37. The van der Waals surface area contributed by atoms with Gasteiger partial charge in [0, 0.05) is 24.3 Å². The molecule has 1 heterocycles. The molecule has 0 fully saturated rings. The standard InChI is InChI=1S/C23H20N2O2S/c1-17-7-5-6-10-20(17)21-12-11-18(23-16-24-14-13-22(21)23)15-25-28(26,27)19-8-3-2-4-9-19/h2-14,16,25H,15H2,1H3. The molecular formula is C23H20N2O2S. The number of nitrogens with zero attached hydrogens (tertiary/aromatic N) is 1. The minimum absolute atomic E-state index is 0.202. The molecule has 0 spiro atoms. The Labute approximate surface area is 164 Å². The van der Waals surface area contributed by atoms with Crippen molar-refractivity contribution >= 4 is 20.8 Å². The van der Waals surface area contributed by atoms with Crippen LogP contribution in [0.2, 0.25) is 0 Å². The Hall–Kier alpha value is -3.02. The van der Waals surface area contributed by atoms with Gasteiger partial charge in [0.15, 0.2) is 0 Å². The number of hydrogen-bond acceptors (Lipinski definition) is 3. The number of aryl methyl sites for hydroxylation is 1. The van der Waals surface area contributed by atoms with Crippen LogP contribution in [0.4, 0.5) is 0 Å². The van der Waals surface area contributed by atoms with Crippen LogP contribution in [-0.2, 0) is 16.6 Å². The van der Waals surface area contributed by atoms with Crippen LogP contribution in [0.25, 0.3) is 21.9 Å². The minimum atomic E-state index is -3.57. The molecule has 0 radical (unpaired) electrons. The molecule has 0 bridgehead atoms. The number of benzene rings is 3. The summed E-state index contributed by atoms with van der Waals surface area (Å²) in [6, 6.07) is 22.6. The molecule has 0 aliphatic rings. The van der Waals surface area contributed by atoms with Crippen LogP contribution in [0.3, 0.4) is 0 Å². The molecule has 1 N–H and O–H groups in total. The Kier molecular flexibility index (Phi) is 4.94. The lowest BCUT2D eigenvalue weighted by Crippen LogP contribution is -2.23. The first-order valence-electron chi connectivity index (χ1n) is 9.02. The fraction of sp³-hybridized carbons (Fsp3) is 0.0870. The molecule has 0 aliphatic heterocycles. The first-order valence-corrected chi connectivity index (χ1v) is 10.5. The van der Waals surface area contributed by atoms with Crippen LogP contribution >= 0.6 is 0 Å². The van der Waals surface area contributed by atoms with E-state index in [-0.39, 0.29) is 11.4 Å². The van der Waals surface area contributed by atoms with Crippen LogP contribution in [0.1, 0.15) is 11.1 Å². The third-order valence-electron chi connectivity index (χ3n) is 4.85. The molecule has 28 heavy (non-hydrogen) atoms. The van der Waals surface area contributed by atoms with Gasteiger partial charge in [-0.15, -0.1) is 0 Å². The summed E-state index contributed by atoms with van der Waals surface area (Å²) in [7, 11) is -3.57. The van der Waals surface area contributed by atoms with Crippen molar-refractivity contribution < 1.29 is 8.42 Å². The number of nitrogens with one attached hydrogen (secondary N) is 1. The Bertz CT molecular complexity index is 1240. The van der Waals surface area contributed by atoms with Crippen molar-refractivity contribution in [2.75, 3.05) is 0 Å². The number of sulfonamides is 1. The van der Waals surface area contributed by atoms with E-state index in [2.05, 4.69) is 34.8 Å². The average molecular weight is 388 g/mol. The molecule has 4 rings (SSSR count). The summed E-state index contributed by atoms with van der Waals surface area (Å²) >= 11 is 0. The normalized spacial score (nSPS) is 11.6. The maximum atomic E-state index is 12.5. The molecule has 0 atom stereocenters. The monoisotopic (exact) mass is 388 g/mol. The maximum absolute atomic E-state index is 12.5. The lowest BCUT2D eigenvalue weighted by atomic mass is 9.94. The first-order chi connectivity index (χ1) is 13.6. The van der Waals surface area contributed by atoms with E-state index in [1.54, 1.807) is 42.7 Å². The zero-order chi connectivity index (χ0) is 19.6. The summed E-state index contributed by atoms with van der Waals surface area (Å²) in [5.74, 6) is 0. The summed E-state index contributed by atoms with van der Waals surface area (Å²) in [5, 5.41) is 2.00. The van der Waals surface area contributed by atoms with Gasteiger partial charge < -0.3 is 0 Å². The third-order valence-corrected chi connectivity index (χ3v) is 6.27. The number of hydrogen-bond donors (Lipinski definition) is 1. The SMILES string of the molecule is Cc1ccccc1-c1ccc(CNS(=O)(=O)c2ccccc2)c2cnccc12. The molecule has 4 aromatic rings. The fourth-order valence-corrected chi connectivity index (χ4v) is 4.40. The quantitative estimate of drug-likeness (QED) is 0.540. The van der Waals surface area contributed by atoms with Crippen LogP contribution in [0.15, 0.2) is 90.1 Å². The van der Waals surface area contributed by atoms with E-state index < -0.39 is 10.0 Å². The first kappa shape index (κ1) is 18.3. The second kappa shape index (κ2) is 7.54. The van der Waals surface area contributed by atoms with E-state index in [0.717, 1.165) is 27.5 Å². The molecule has 0 saturated heterocycles.